The largest absolute Gasteiger partial charge is 0.461 e. The van der Waals surface area contributed by atoms with Crippen molar-refractivity contribution in [3.63, 3.8) is 0 Å². The number of halogens is 6. The lowest BCUT2D eigenvalue weighted by atomic mass is 9.85. The number of amides is 2. The predicted octanol–water partition coefficient (Wildman–Crippen LogP) is 5.73. The molecule has 10 nitrogen and oxygen atoms in total. The summed E-state index contributed by atoms with van der Waals surface area (Å²) in [6.45, 7) is 2.89. The second kappa shape index (κ2) is 12.3. The van der Waals surface area contributed by atoms with E-state index in [1.807, 2.05) is 0 Å². The number of rotatable bonds is 8. The van der Waals surface area contributed by atoms with Gasteiger partial charge in [0.1, 0.15) is 5.92 Å². The summed E-state index contributed by atoms with van der Waals surface area (Å²) < 4.78 is 10.2. The zero-order chi connectivity index (χ0) is 30.2. The molecule has 2 aromatic carbocycles. The Bertz CT molecular complexity index is 1520. The highest BCUT2D eigenvalue weighted by atomic mass is 35.5. The Hall–Kier alpha value is -2.60. The molecule has 0 saturated carbocycles. The van der Waals surface area contributed by atoms with Gasteiger partial charge in [-0.05, 0) is 50.2 Å². The molecule has 0 fully saturated rings. The lowest BCUT2D eigenvalue weighted by molar-refractivity contribution is -0.136. The number of esters is 2. The van der Waals surface area contributed by atoms with Gasteiger partial charge in [0.05, 0.1) is 40.0 Å². The van der Waals surface area contributed by atoms with Gasteiger partial charge in [0.2, 0.25) is 0 Å². The zero-order valence-electron chi connectivity index (χ0n) is 21.0. The Kier molecular flexibility index (Phi) is 9.42. The molecule has 2 heterocycles. The van der Waals surface area contributed by atoms with Crippen LogP contribution in [0.5, 0.6) is 0 Å². The van der Waals surface area contributed by atoms with E-state index in [1.54, 1.807) is 6.92 Å². The standard InChI is InChI=1S/C25H18Cl6N4O6/c1-3-40-22(37)18-17(21(36)34(32-18)15-7-5-11(26)9-13(15)28)19(30)25(31)20(23(38)41-4-2)33-35(24(25)39)16-8-6-12(27)10-14(16)29/h5-10,17,19H,3-4H2,1-2H3/t17-,19+,25+/m0/s1. The van der Waals surface area contributed by atoms with Crippen LogP contribution in [0.3, 0.4) is 0 Å². The summed E-state index contributed by atoms with van der Waals surface area (Å²) >= 11 is 38.3. The third-order valence-corrected chi connectivity index (χ3v) is 8.27. The first kappa shape index (κ1) is 31.3. The van der Waals surface area contributed by atoms with Crippen LogP contribution >= 0.6 is 69.6 Å². The van der Waals surface area contributed by atoms with Crippen LogP contribution in [0, 0.1) is 5.92 Å². The SMILES string of the molecule is CCOC(=O)C1=NN(c2ccc(Cl)cc2Cl)C(=O)[C@@H]1[C@@H](Cl)[C@]1(Cl)C(=O)N(c2ccc(Cl)cc2Cl)N=C1C(=O)OCC. The fourth-order valence-corrected chi connectivity index (χ4v) is 5.81. The van der Waals surface area contributed by atoms with Crippen LogP contribution < -0.4 is 10.0 Å². The van der Waals surface area contributed by atoms with Gasteiger partial charge in [0.25, 0.3) is 11.8 Å². The Labute approximate surface area is 263 Å². The van der Waals surface area contributed by atoms with Crippen molar-refractivity contribution < 1.29 is 28.7 Å². The molecule has 2 amide bonds. The van der Waals surface area contributed by atoms with E-state index in [9.17, 15) is 19.2 Å². The Morgan fingerprint density at radius 1 is 0.878 bits per heavy atom. The molecule has 2 aromatic rings. The number of hydrogen-bond donors (Lipinski definition) is 0. The minimum atomic E-state index is -2.54. The van der Waals surface area contributed by atoms with E-state index in [4.69, 9.17) is 79.1 Å². The van der Waals surface area contributed by atoms with Crippen LogP contribution in [-0.2, 0) is 28.7 Å². The van der Waals surface area contributed by atoms with Crippen molar-refractivity contribution in [2.24, 2.45) is 16.1 Å². The summed E-state index contributed by atoms with van der Waals surface area (Å²) in [5.41, 5.74) is -1.05. The quantitative estimate of drug-likeness (QED) is 0.259. The minimum Gasteiger partial charge on any atom is -0.461 e. The van der Waals surface area contributed by atoms with Gasteiger partial charge in [-0.1, -0.05) is 58.0 Å². The molecule has 2 aliphatic rings. The average Bonchev–Trinajstić information content (AvgIpc) is 3.38. The van der Waals surface area contributed by atoms with Crippen molar-refractivity contribution in [2.75, 3.05) is 23.2 Å². The van der Waals surface area contributed by atoms with Crippen LogP contribution in [-0.4, -0.2) is 58.6 Å². The first-order valence-electron chi connectivity index (χ1n) is 11.8. The van der Waals surface area contributed by atoms with E-state index in [2.05, 4.69) is 10.2 Å². The maximum atomic E-state index is 13.9. The van der Waals surface area contributed by atoms with E-state index < -0.39 is 51.3 Å². The number of hydrogen-bond acceptors (Lipinski definition) is 8. The first-order chi connectivity index (χ1) is 19.4. The van der Waals surface area contributed by atoms with Crippen LogP contribution in [0.2, 0.25) is 20.1 Å². The monoisotopic (exact) mass is 680 g/mol. The molecule has 41 heavy (non-hydrogen) atoms. The molecule has 0 unspecified atom stereocenters. The summed E-state index contributed by atoms with van der Waals surface area (Å²) in [7, 11) is 0. The zero-order valence-corrected chi connectivity index (χ0v) is 25.6. The van der Waals surface area contributed by atoms with Gasteiger partial charge in [0.15, 0.2) is 16.3 Å². The number of hydrazone groups is 2. The van der Waals surface area contributed by atoms with Crippen LogP contribution in [0.4, 0.5) is 11.4 Å². The molecule has 0 radical (unpaired) electrons. The highest BCUT2D eigenvalue weighted by Crippen LogP contribution is 2.44. The fourth-order valence-electron chi connectivity index (χ4n) is 4.09. The molecular formula is C25H18Cl6N4O6. The lowest BCUT2D eigenvalue weighted by Gasteiger charge is -2.30. The number of benzene rings is 2. The van der Waals surface area contributed by atoms with E-state index in [0.717, 1.165) is 10.0 Å². The molecule has 0 bridgehead atoms. The number of anilines is 2. The molecule has 0 spiro atoms. The highest BCUT2D eigenvalue weighted by molar-refractivity contribution is 6.66. The highest BCUT2D eigenvalue weighted by Gasteiger charge is 2.64. The summed E-state index contributed by atoms with van der Waals surface area (Å²) in [6, 6.07) is 8.35. The summed E-state index contributed by atoms with van der Waals surface area (Å²) in [5, 5.41) is 8.52. The smallest absolute Gasteiger partial charge is 0.357 e. The van der Waals surface area contributed by atoms with Gasteiger partial charge in [0, 0.05) is 10.0 Å². The van der Waals surface area contributed by atoms with Gasteiger partial charge >= 0.3 is 11.9 Å². The van der Waals surface area contributed by atoms with E-state index in [-0.39, 0.29) is 44.7 Å². The van der Waals surface area contributed by atoms with Gasteiger partial charge in [-0.2, -0.15) is 20.2 Å². The summed E-state index contributed by atoms with van der Waals surface area (Å²) in [5.74, 6) is -5.75. The number of carbonyl (C=O) groups excluding carboxylic acids is 4. The van der Waals surface area contributed by atoms with Crippen molar-refractivity contribution in [2.45, 2.75) is 24.1 Å². The molecule has 0 N–H and O–H groups in total. The number of alkyl halides is 2. The number of carbonyl (C=O) groups is 4. The van der Waals surface area contributed by atoms with E-state index in [0.29, 0.717) is 0 Å². The lowest BCUT2D eigenvalue weighted by Crippen LogP contribution is -2.56. The maximum Gasteiger partial charge on any atom is 0.357 e. The van der Waals surface area contributed by atoms with Gasteiger partial charge in [-0.25, -0.2) is 9.59 Å². The van der Waals surface area contributed by atoms with E-state index in [1.165, 1.54) is 43.3 Å². The van der Waals surface area contributed by atoms with Crippen molar-refractivity contribution >= 4 is 116 Å². The van der Waals surface area contributed by atoms with Gasteiger partial charge in [-0.15, -0.1) is 11.6 Å². The van der Waals surface area contributed by atoms with Crippen LogP contribution in [0.25, 0.3) is 0 Å². The second-order valence-electron chi connectivity index (χ2n) is 8.42. The number of ether oxygens (including phenoxy) is 2. The third kappa shape index (κ3) is 5.61. The summed E-state index contributed by atoms with van der Waals surface area (Å²) in [4.78, 5) is 51.2. The summed E-state index contributed by atoms with van der Waals surface area (Å²) in [6.07, 6.45) is 0. The fraction of sp³-hybridized carbons (Fsp3) is 0.280. The van der Waals surface area contributed by atoms with Crippen molar-refractivity contribution in [3.05, 3.63) is 56.5 Å². The maximum absolute atomic E-state index is 13.9. The van der Waals surface area contributed by atoms with E-state index >= 15 is 0 Å². The first-order valence-corrected chi connectivity index (χ1v) is 14.1. The van der Waals surface area contributed by atoms with Crippen molar-refractivity contribution in [1.29, 1.82) is 0 Å². The topological polar surface area (TPSA) is 118 Å². The Morgan fingerprint density at radius 3 is 1.90 bits per heavy atom. The molecule has 3 atom stereocenters. The average molecular weight is 683 g/mol. The minimum absolute atomic E-state index is 0.000814. The number of nitrogens with zero attached hydrogens (tertiary/aromatic N) is 4. The molecule has 0 aliphatic carbocycles. The normalized spacial score (nSPS) is 21.1. The van der Waals surface area contributed by atoms with Crippen molar-refractivity contribution in [1.82, 2.24) is 0 Å². The molecule has 4 rings (SSSR count). The van der Waals surface area contributed by atoms with Gasteiger partial charge < -0.3 is 9.47 Å². The molecule has 0 saturated heterocycles. The molecule has 16 heteroatoms. The second-order valence-corrected chi connectivity index (χ2v) is 11.2. The Balaban J connectivity index is 1.83. The van der Waals surface area contributed by atoms with Crippen LogP contribution in [0.1, 0.15) is 13.8 Å². The van der Waals surface area contributed by atoms with Crippen LogP contribution in [0.15, 0.2) is 46.6 Å². The van der Waals surface area contributed by atoms with Crippen molar-refractivity contribution in [3.8, 4) is 0 Å². The molecule has 216 valence electrons. The molecular weight excluding hydrogens is 665 g/mol. The molecule has 0 aromatic heterocycles. The third-order valence-electron chi connectivity index (χ3n) is 5.93. The van der Waals surface area contributed by atoms with Gasteiger partial charge in [-0.3, -0.25) is 9.59 Å². The predicted molar refractivity (Wildman–Crippen MR) is 158 cm³/mol. The molecule has 2 aliphatic heterocycles. The Morgan fingerprint density at radius 2 is 1.39 bits per heavy atom.